The molecule has 0 aliphatic carbocycles. The molecule has 0 saturated heterocycles. The summed E-state index contributed by atoms with van der Waals surface area (Å²) in [6.07, 6.45) is 0. The van der Waals surface area contributed by atoms with Crippen molar-refractivity contribution in [2.24, 2.45) is 0 Å². The second-order valence-corrected chi connectivity index (χ2v) is 3.67. The first-order valence-corrected chi connectivity index (χ1v) is 5.30. The molecule has 0 fully saturated rings. The third-order valence-corrected chi connectivity index (χ3v) is 2.47. The zero-order valence-electron chi connectivity index (χ0n) is 9.22. The Kier molecular flexibility index (Phi) is 3.27. The van der Waals surface area contributed by atoms with Crippen LogP contribution < -0.4 is 5.32 Å². The van der Waals surface area contributed by atoms with Crippen LogP contribution in [0.3, 0.4) is 0 Å². The van der Waals surface area contributed by atoms with Gasteiger partial charge in [-0.2, -0.15) is 5.26 Å². The maximum atomic E-state index is 9.71. The minimum atomic E-state index is 0.146. The number of rotatable bonds is 3. The highest BCUT2D eigenvalue weighted by molar-refractivity contribution is 5.46. The summed E-state index contributed by atoms with van der Waals surface area (Å²) in [4.78, 5) is 0. The van der Waals surface area contributed by atoms with Crippen LogP contribution in [0.15, 0.2) is 48.5 Å². The first-order chi connectivity index (χ1) is 8.29. The standard InChI is InChI=1S/C14H12N2O/c15-9-11-6-7-12(14(17)8-11)10-16-13-4-2-1-3-5-13/h1-8,16-17H,10H2. The fourth-order valence-electron chi connectivity index (χ4n) is 1.54. The van der Waals surface area contributed by atoms with Crippen LogP contribution in [0.2, 0.25) is 0 Å². The number of nitriles is 1. The number of nitrogens with zero attached hydrogens (tertiary/aromatic N) is 1. The Labute approximate surface area is 100.0 Å². The molecule has 0 unspecified atom stereocenters. The molecule has 0 bridgehead atoms. The summed E-state index contributed by atoms with van der Waals surface area (Å²) < 4.78 is 0. The number of hydrogen-bond acceptors (Lipinski definition) is 3. The van der Waals surface area contributed by atoms with Gasteiger partial charge in [0.1, 0.15) is 5.75 Å². The van der Waals surface area contributed by atoms with Crippen molar-refractivity contribution in [2.75, 3.05) is 5.32 Å². The van der Waals surface area contributed by atoms with Gasteiger partial charge < -0.3 is 10.4 Å². The van der Waals surface area contributed by atoms with Gasteiger partial charge >= 0.3 is 0 Å². The van der Waals surface area contributed by atoms with Gasteiger partial charge in [0.15, 0.2) is 0 Å². The predicted octanol–water partition coefficient (Wildman–Crippen LogP) is 2.88. The van der Waals surface area contributed by atoms with Crippen molar-refractivity contribution < 1.29 is 5.11 Å². The highest BCUT2D eigenvalue weighted by Crippen LogP contribution is 2.19. The third-order valence-electron chi connectivity index (χ3n) is 2.47. The minimum absolute atomic E-state index is 0.146. The van der Waals surface area contributed by atoms with E-state index in [9.17, 15) is 5.11 Å². The van der Waals surface area contributed by atoms with Crippen molar-refractivity contribution in [3.63, 3.8) is 0 Å². The van der Waals surface area contributed by atoms with Gasteiger partial charge in [0.2, 0.25) is 0 Å². The van der Waals surface area contributed by atoms with Crippen LogP contribution in [0.1, 0.15) is 11.1 Å². The Morgan fingerprint density at radius 1 is 1.12 bits per heavy atom. The monoisotopic (exact) mass is 224 g/mol. The van der Waals surface area contributed by atoms with E-state index in [0.29, 0.717) is 12.1 Å². The molecular weight excluding hydrogens is 212 g/mol. The third kappa shape index (κ3) is 2.76. The van der Waals surface area contributed by atoms with Crippen molar-refractivity contribution >= 4 is 5.69 Å². The fraction of sp³-hybridized carbons (Fsp3) is 0.0714. The van der Waals surface area contributed by atoms with Gasteiger partial charge in [0.25, 0.3) is 0 Å². The lowest BCUT2D eigenvalue weighted by atomic mass is 10.1. The number of para-hydroxylation sites is 1. The topological polar surface area (TPSA) is 56.0 Å². The van der Waals surface area contributed by atoms with Crippen molar-refractivity contribution in [2.45, 2.75) is 6.54 Å². The Bertz CT molecular complexity index is 544. The summed E-state index contributed by atoms with van der Waals surface area (Å²) >= 11 is 0. The molecule has 3 heteroatoms. The van der Waals surface area contributed by atoms with Crippen LogP contribution in [0.25, 0.3) is 0 Å². The van der Waals surface area contributed by atoms with Gasteiger partial charge in [-0.25, -0.2) is 0 Å². The molecule has 0 atom stereocenters. The lowest BCUT2D eigenvalue weighted by molar-refractivity contribution is 0.469. The van der Waals surface area contributed by atoms with Gasteiger partial charge in [-0.05, 0) is 24.3 Å². The van der Waals surface area contributed by atoms with Gasteiger partial charge in [-0.15, -0.1) is 0 Å². The normalized spacial score (nSPS) is 9.59. The Hall–Kier alpha value is -2.47. The van der Waals surface area contributed by atoms with E-state index in [-0.39, 0.29) is 5.75 Å². The lowest BCUT2D eigenvalue weighted by Gasteiger charge is -2.08. The zero-order valence-corrected chi connectivity index (χ0v) is 9.22. The molecule has 2 N–H and O–H groups in total. The molecule has 0 heterocycles. The molecule has 0 amide bonds. The van der Waals surface area contributed by atoms with Gasteiger partial charge in [-0.3, -0.25) is 0 Å². The fourth-order valence-corrected chi connectivity index (χ4v) is 1.54. The average molecular weight is 224 g/mol. The zero-order chi connectivity index (χ0) is 12.1. The quantitative estimate of drug-likeness (QED) is 0.842. The number of nitrogens with one attached hydrogen (secondary N) is 1. The first kappa shape index (κ1) is 11.0. The molecule has 2 aromatic carbocycles. The van der Waals surface area contributed by atoms with Gasteiger partial charge in [0, 0.05) is 17.8 Å². The average Bonchev–Trinajstić information content (AvgIpc) is 2.38. The van der Waals surface area contributed by atoms with E-state index in [1.54, 1.807) is 12.1 Å². The summed E-state index contributed by atoms with van der Waals surface area (Å²) in [6, 6.07) is 16.7. The maximum Gasteiger partial charge on any atom is 0.121 e. The van der Waals surface area contributed by atoms with E-state index >= 15 is 0 Å². The molecule has 0 saturated carbocycles. The SMILES string of the molecule is N#Cc1ccc(CNc2ccccc2)c(O)c1. The molecule has 3 nitrogen and oxygen atoms in total. The van der Waals surface area contributed by atoms with E-state index < -0.39 is 0 Å². The summed E-state index contributed by atoms with van der Waals surface area (Å²) in [5.74, 6) is 0.146. The van der Waals surface area contributed by atoms with E-state index in [0.717, 1.165) is 11.3 Å². The van der Waals surface area contributed by atoms with Crippen LogP contribution in [-0.2, 0) is 6.54 Å². The summed E-state index contributed by atoms with van der Waals surface area (Å²) in [7, 11) is 0. The molecule has 84 valence electrons. The van der Waals surface area contributed by atoms with Crippen LogP contribution >= 0.6 is 0 Å². The van der Waals surface area contributed by atoms with Crippen molar-refractivity contribution in [3.05, 3.63) is 59.7 Å². The number of benzene rings is 2. The Morgan fingerprint density at radius 2 is 1.88 bits per heavy atom. The Balaban J connectivity index is 2.08. The number of hydrogen-bond donors (Lipinski definition) is 2. The number of phenols is 1. The number of phenolic OH excluding ortho intramolecular Hbond substituents is 1. The number of aromatic hydroxyl groups is 1. The minimum Gasteiger partial charge on any atom is -0.508 e. The molecule has 0 spiro atoms. The highest BCUT2D eigenvalue weighted by Gasteiger charge is 2.02. The van der Waals surface area contributed by atoms with Crippen molar-refractivity contribution in [3.8, 4) is 11.8 Å². The highest BCUT2D eigenvalue weighted by atomic mass is 16.3. The van der Waals surface area contributed by atoms with E-state index in [1.807, 2.05) is 36.4 Å². The van der Waals surface area contributed by atoms with Crippen molar-refractivity contribution in [1.82, 2.24) is 0 Å². The predicted molar refractivity (Wildman–Crippen MR) is 66.6 cm³/mol. The van der Waals surface area contributed by atoms with Crippen LogP contribution in [-0.4, -0.2) is 5.11 Å². The molecule has 2 rings (SSSR count). The van der Waals surface area contributed by atoms with E-state index in [2.05, 4.69) is 5.32 Å². The van der Waals surface area contributed by atoms with Crippen LogP contribution in [0, 0.1) is 11.3 Å². The summed E-state index contributed by atoms with van der Waals surface area (Å²) in [5, 5.41) is 21.6. The van der Waals surface area contributed by atoms with E-state index in [1.165, 1.54) is 6.07 Å². The molecular formula is C14H12N2O. The second kappa shape index (κ2) is 5.04. The number of anilines is 1. The lowest BCUT2D eigenvalue weighted by Crippen LogP contribution is -1.99. The van der Waals surface area contributed by atoms with Crippen LogP contribution in [0.5, 0.6) is 5.75 Å². The largest absolute Gasteiger partial charge is 0.508 e. The molecule has 2 aromatic rings. The smallest absolute Gasteiger partial charge is 0.121 e. The molecule has 0 radical (unpaired) electrons. The maximum absolute atomic E-state index is 9.71. The second-order valence-electron chi connectivity index (χ2n) is 3.67. The molecule has 17 heavy (non-hydrogen) atoms. The van der Waals surface area contributed by atoms with E-state index in [4.69, 9.17) is 5.26 Å². The molecule has 0 aliphatic rings. The summed E-state index contributed by atoms with van der Waals surface area (Å²) in [6.45, 7) is 0.529. The molecule has 0 aliphatic heterocycles. The Morgan fingerprint density at radius 3 is 2.53 bits per heavy atom. The summed E-state index contributed by atoms with van der Waals surface area (Å²) in [5.41, 5.74) is 2.23. The van der Waals surface area contributed by atoms with Crippen LogP contribution in [0.4, 0.5) is 5.69 Å². The van der Waals surface area contributed by atoms with Gasteiger partial charge in [0.05, 0.1) is 11.6 Å². The van der Waals surface area contributed by atoms with Gasteiger partial charge in [-0.1, -0.05) is 24.3 Å². The first-order valence-electron chi connectivity index (χ1n) is 5.30. The molecule has 0 aromatic heterocycles. The van der Waals surface area contributed by atoms with Crippen molar-refractivity contribution in [1.29, 1.82) is 5.26 Å².